The van der Waals surface area contributed by atoms with E-state index in [0.29, 0.717) is 0 Å². The average Bonchev–Trinajstić information content (AvgIpc) is 2.40. The minimum atomic E-state index is -4.49. The van der Waals surface area contributed by atoms with Crippen LogP contribution in [0.2, 0.25) is 5.02 Å². The second-order valence-corrected chi connectivity index (χ2v) is 4.98. The summed E-state index contributed by atoms with van der Waals surface area (Å²) in [5.41, 5.74) is 5.64. The number of rotatable bonds is 3. The minimum Gasteiger partial charge on any atom is -0.455 e. The first kappa shape index (κ1) is 15.7. The highest BCUT2D eigenvalue weighted by Gasteiger charge is 2.34. The third-order valence-corrected chi connectivity index (χ3v) is 3.19. The molecule has 0 aromatic heterocycles. The molecule has 0 spiro atoms. The SMILES string of the molecule is CC(N)c1ccc(Oc2ccccc2C(F)(F)F)c(Cl)c1. The smallest absolute Gasteiger partial charge is 0.419 e. The van der Waals surface area contributed by atoms with Gasteiger partial charge in [0.05, 0.1) is 10.6 Å². The van der Waals surface area contributed by atoms with Crippen molar-refractivity contribution in [3.63, 3.8) is 0 Å². The van der Waals surface area contributed by atoms with Crippen LogP contribution in [0, 0.1) is 0 Å². The predicted octanol–water partition coefficient (Wildman–Crippen LogP) is 5.17. The molecular weight excluding hydrogens is 303 g/mol. The molecule has 1 unspecified atom stereocenters. The number of benzene rings is 2. The van der Waals surface area contributed by atoms with Crippen LogP contribution < -0.4 is 10.5 Å². The maximum absolute atomic E-state index is 12.9. The van der Waals surface area contributed by atoms with Crippen LogP contribution in [0.3, 0.4) is 0 Å². The molecule has 0 aliphatic carbocycles. The van der Waals surface area contributed by atoms with Gasteiger partial charge in [-0.05, 0) is 36.8 Å². The average molecular weight is 316 g/mol. The Morgan fingerprint density at radius 2 is 1.76 bits per heavy atom. The van der Waals surface area contributed by atoms with Crippen molar-refractivity contribution in [1.82, 2.24) is 0 Å². The van der Waals surface area contributed by atoms with Gasteiger partial charge < -0.3 is 10.5 Å². The number of para-hydroxylation sites is 1. The zero-order valence-electron chi connectivity index (χ0n) is 11.1. The lowest BCUT2D eigenvalue weighted by Gasteiger charge is -2.15. The highest BCUT2D eigenvalue weighted by Crippen LogP contribution is 2.39. The van der Waals surface area contributed by atoms with E-state index >= 15 is 0 Å². The van der Waals surface area contributed by atoms with E-state index in [2.05, 4.69) is 0 Å². The van der Waals surface area contributed by atoms with Gasteiger partial charge >= 0.3 is 6.18 Å². The Morgan fingerprint density at radius 1 is 1.10 bits per heavy atom. The van der Waals surface area contributed by atoms with Gasteiger partial charge in [0, 0.05) is 6.04 Å². The minimum absolute atomic E-state index is 0.151. The van der Waals surface area contributed by atoms with Crippen LogP contribution in [0.1, 0.15) is 24.1 Å². The molecular formula is C15H13ClF3NO. The summed E-state index contributed by atoms with van der Waals surface area (Å²) in [4.78, 5) is 0. The second-order valence-electron chi connectivity index (χ2n) is 4.57. The molecule has 21 heavy (non-hydrogen) atoms. The van der Waals surface area contributed by atoms with Crippen molar-refractivity contribution in [3.8, 4) is 11.5 Å². The van der Waals surface area contributed by atoms with Gasteiger partial charge in [-0.3, -0.25) is 0 Å². The van der Waals surface area contributed by atoms with Crippen LogP contribution in [0.25, 0.3) is 0 Å². The van der Waals surface area contributed by atoms with Gasteiger partial charge in [0.1, 0.15) is 11.5 Å². The molecule has 2 N–H and O–H groups in total. The van der Waals surface area contributed by atoms with Crippen molar-refractivity contribution in [1.29, 1.82) is 0 Å². The van der Waals surface area contributed by atoms with Crippen LogP contribution in [0.15, 0.2) is 42.5 Å². The number of alkyl halides is 3. The van der Waals surface area contributed by atoms with E-state index in [9.17, 15) is 13.2 Å². The van der Waals surface area contributed by atoms with Gasteiger partial charge in [0.25, 0.3) is 0 Å². The lowest BCUT2D eigenvalue weighted by Crippen LogP contribution is -2.07. The third kappa shape index (κ3) is 3.68. The largest absolute Gasteiger partial charge is 0.455 e. The quantitative estimate of drug-likeness (QED) is 0.848. The zero-order chi connectivity index (χ0) is 15.6. The Bertz CT molecular complexity index is 641. The lowest BCUT2D eigenvalue weighted by molar-refractivity contribution is -0.138. The molecule has 2 nitrogen and oxygen atoms in total. The Balaban J connectivity index is 2.35. The first-order chi connectivity index (χ1) is 9.79. The van der Waals surface area contributed by atoms with Gasteiger partial charge in [-0.15, -0.1) is 0 Å². The highest BCUT2D eigenvalue weighted by atomic mass is 35.5. The molecule has 0 aliphatic rings. The normalized spacial score (nSPS) is 13.0. The fraction of sp³-hybridized carbons (Fsp3) is 0.200. The van der Waals surface area contributed by atoms with Gasteiger partial charge in [-0.1, -0.05) is 29.8 Å². The predicted molar refractivity (Wildman–Crippen MR) is 75.6 cm³/mol. The lowest BCUT2D eigenvalue weighted by atomic mass is 10.1. The number of hydrogen-bond acceptors (Lipinski definition) is 2. The maximum Gasteiger partial charge on any atom is 0.419 e. The molecule has 0 radical (unpaired) electrons. The molecule has 0 aliphatic heterocycles. The van der Waals surface area contributed by atoms with Crippen LogP contribution in [0.5, 0.6) is 11.5 Å². The van der Waals surface area contributed by atoms with E-state index in [4.69, 9.17) is 22.1 Å². The maximum atomic E-state index is 12.9. The summed E-state index contributed by atoms with van der Waals surface area (Å²) in [6.45, 7) is 1.78. The number of hydrogen-bond donors (Lipinski definition) is 1. The topological polar surface area (TPSA) is 35.2 Å². The van der Waals surface area contributed by atoms with Crippen LogP contribution in [0.4, 0.5) is 13.2 Å². The highest BCUT2D eigenvalue weighted by molar-refractivity contribution is 6.32. The fourth-order valence-corrected chi connectivity index (χ4v) is 2.02. The number of halogens is 4. The van der Waals surface area contributed by atoms with Crippen molar-refractivity contribution in [2.45, 2.75) is 19.1 Å². The van der Waals surface area contributed by atoms with E-state index in [-0.39, 0.29) is 22.6 Å². The summed E-state index contributed by atoms with van der Waals surface area (Å²) in [6.07, 6.45) is -4.49. The standard InChI is InChI=1S/C15H13ClF3NO/c1-9(20)10-6-7-14(12(16)8-10)21-13-5-3-2-4-11(13)15(17,18)19/h2-9H,20H2,1H3. The molecule has 0 saturated heterocycles. The van der Waals surface area contributed by atoms with Gasteiger partial charge in [-0.25, -0.2) is 0 Å². The van der Waals surface area contributed by atoms with E-state index in [1.165, 1.54) is 24.3 Å². The van der Waals surface area contributed by atoms with Crippen molar-refractivity contribution in [2.24, 2.45) is 5.73 Å². The van der Waals surface area contributed by atoms with E-state index in [1.807, 2.05) is 0 Å². The van der Waals surface area contributed by atoms with Gasteiger partial charge in [0.15, 0.2) is 0 Å². The fourth-order valence-electron chi connectivity index (χ4n) is 1.79. The molecule has 2 aromatic rings. The molecule has 0 amide bonds. The molecule has 112 valence electrons. The Kier molecular flexibility index (Phi) is 4.44. The summed E-state index contributed by atoms with van der Waals surface area (Å²) in [6, 6.07) is 9.51. The Morgan fingerprint density at radius 3 is 2.33 bits per heavy atom. The Hall–Kier alpha value is -1.72. The molecule has 2 rings (SSSR count). The van der Waals surface area contributed by atoms with Crippen LogP contribution >= 0.6 is 11.6 Å². The summed E-state index contributed by atoms with van der Waals surface area (Å²) in [5, 5.41) is 0.210. The molecule has 0 bridgehead atoms. The molecule has 0 saturated carbocycles. The van der Waals surface area contributed by atoms with Crippen molar-refractivity contribution < 1.29 is 17.9 Å². The first-order valence-corrected chi connectivity index (χ1v) is 6.56. The molecule has 1 atom stereocenters. The summed E-state index contributed by atoms with van der Waals surface area (Å²) in [5.74, 6) is -0.141. The second kappa shape index (κ2) is 5.95. The summed E-state index contributed by atoms with van der Waals surface area (Å²) in [7, 11) is 0. The van der Waals surface area contributed by atoms with E-state index < -0.39 is 11.7 Å². The van der Waals surface area contributed by atoms with E-state index in [1.54, 1.807) is 19.1 Å². The third-order valence-electron chi connectivity index (χ3n) is 2.89. The monoisotopic (exact) mass is 315 g/mol. The molecule has 0 fully saturated rings. The van der Waals surface area contributed by atoms with Gasteiger partial charge in [0.2, 0.25) is 0 Å². The first-order valence-electron chi connectivity index (χ1n) is 6.18. The molecule has 2 aromatic carbocycles. The number of nitrogens with two attached hydrogens (primary N) is 1. The summed E-state index contributed by atoms with van der Waals surface area (Å²) >= 11 is 6.03. The van der Waals surface area contributed by atoms with Crippen molar-refractivity contribution in [2.75, 3.05) is 0 Å². The summed E-state index contributed by atoms with van der Waals surface area (Å²) < 4.78 is 44.0. The van der Waals surface area contributed by atoms with Crippen LogP contribution in [-0.2, 0) is 6.18 Å². The van der Waals surface area contributed by atoms with Crippen LogP contribution in [-0.4, -0.2) is 0 Å². The number of ether oxygens (including phenoxy) is 1. The van der Waals surface area contributed by atoms with Crippen molar-refractivity contribution in [3.05, 3.63) is 58.6 Å². The van der Waals surface area contributed by atoms with Gasteiger partial charge in [-0.2, -0.15) is 13.2 Å². The Labute approximate surface area is 125 Å². The molecule has 6 heteroatoms. The zero-order valence-corrected chi connectivity index (χ0v) is 11.9. The van der Waals surface area contributed by atoms with E-state index in [0.717, 1.165) is 11.6 Å². The molecule has 0 heterocycles. The van der Waals surface area contributed by atoms with Crippen molar-refractivity contribution >= 4 is 11.6 Å².